The van der Waals surface area contributed by atoms with Crippen LogP contribution in [0, 0.1) is 11.8 Å². The number of carboxylic acids is 1. The van der Waals surface area contributed by atoms with Gasteiger partial charge in [0.2, 0.25) is 11.8 Å². The van der Waals surface area contributed by atoms with E-state index in [1.165, 1.54) is 77.3 Å². The Balaban J connectivity index is 0.000000637. The van der Waals surface area contributed by atoms with Gasteiger partial charge in [-0.15, -0.1) is 0 Å². The number of fused-ring (bicyclic) bond motifs is 10. The molecule has 4 atom stereocenters. The zero-order valence-electron chi connectivity index (χ0n) is 34.0. The summed E-state index contributed by atoms with van der Waals surface area (Å²) >= 11 is 0. The number of hydrogen-bond acceptors (Lipinski definition) is 5. The lowest BCUT2D eigenvalue weighted by Gasteiger charge is -2.31. The molecule has 9 rings (SSSR count). The number of carboxylic acid groups (broad SMARTS) is 1. The Kier molecular flexibility index (Phi) is 12.8. The van der Waals surface area contributed by atoms with Crippen LogP contribution in [0.1, 0.15) is 147 Å². The largest absolute Gasteiger partial charge is 0.490 e. The summed E-state index contributed by atoms with van der Waals surface area (Å²) in [7, 11) is 0. The minimum absolute atomic E-state index is 0.119. The van der Waals surface area contributed by atoms with Crippen LogP contribution < -0.4 is 10.6 Å². The number of alkyl halides is 3. The summed E-state index contributed by atoms with van der Waals surface area (Å²) in [4.78, 5) is 40.4. The van der Waals surface area contributed by atoms with Crippen LogP contribution in [0.25, 0.3) is 0 Å². The van der Waals surface area contributed by atoms with Crippen LogP contribution in [-0.4, -0.2) is 64.0 Å². The second-order valence-electron chi connectivity index (χ2n) is 18.1. The average molecular weight is 813 g/mol. The van der Waals surface area contributed by atoms with Gasteiger partial charge in [0.25, 0.3) is 0 Å². The van der Waals surface area contributed by atoms with Crippen LogP contribution in [0.3, 0.4) is 0 Å². The molecule has 4 bridgehead atoms. The van der Waals surface area contributed by atoms with E-state index >= 15 is 0 Å². The van der Waals surface area contributed by atoms with Crippen LogP contribution in [-0.2, 0) is 27.2 Å². The first-order chi connectivity index (χ1) is 28.5. The number of amides is 2. The number of benzene rings is 3. The molecule has 3 N–H and O–H groups in total. The molecule has 2 amide bonds. The van der Waals surface area contributed by atoms with Crippen molar-refractivity contribution in [2.45, 2.75) is 145 Å². The predicted octanol–water partition coefficient (Wildman–Crippen LogP) is 9.32. The molecule has 0 unspecified atom stereocenters. The Morgan fingerprint density at radius 3 is 1.12 bits per heavy atom. The van der Waals surface area contributed by atoms with Gasteiger partial charge in [0, 0.05) is 36.3 Å². The van der Waals surface area contributed by atoms with E-state index in [4.69, 9.17) is 9.90 Å². The van der Waals surface area contributed by atoms with Crippen molar-refractivity contribution in [2.75, 3.05) is 13.1 Å². The minimum Gasteiger partial charge on any atom is -0.475 e. The van der Waals surface area contributed by atoms with E-state index in [9.17, 15) is 22.8 Å². The molecule has 3 aromatic rings. The van der Waals surface area contributed by atoms with Gasteiger partial charge < -0.3 is 15.7 Å². The third-order valence-corrected chi connectivity index (χ3v) is 14.5. The number of hydrogen-bond donors (Lipinski definition) is 3. The van der Waals surface area contributed by atoms with E-state index in [0.717, 1.165) is 48.6 Å². The Morgan fingerprint density at radius 2 is 0.831 bits per heavy atom. The molecular formula is C48H59F3N4O4. The van der Waals surface area contributed by atoms with E-state index in [-0.39, 0.29) is 11.8 Å². The second-order valence-corrected chi connectivity index (χ2v) is 18.1. The normalized spacial score (nSPS) is 28.3. The van der Waals surface area contributed by atoms with Gasteiger partial charge in [0.05, 0.1) is 12.8 Å². The summed E-state index contributed by atoms with van der Waals surface area (Å²) in [6, 6.07) is 29.5. The molecule has 0 aromatic heterocycles. The molecular weight excluding hydrogens is 754 g/mol. The van der Waals surface area contributed by atoms with E-state index < -0.39 is 12.1 Å². The molecule has 8 nitrogen and oxygen atoms in total. The molecule has 4 fully saturated rings. The highest BCUT2D eigenvalue weighted by Gasteiger charge is 2.44. The van der Waals surface area contributed by atoms with Gasteiger partial charge in [0.1, 0.15) is 0 Å². The van der Waals surface area contributed by atoms with E-state index in [2.05, 4.69) is 69.0 Å². The van der Waals surface area contributed by atoms with Crippen molar-refractivity contribution in [1.29, 1.82) is 0 Å². The van der Waals surface area contributed by atoms with Crippen LogP contribution >= 0.6 is 0 Å². The zero-order valence-corrected chi connectivity index (χ0v) is 34.0. The maximum Gasteiger partial charge on any atom is 0.490 e. The van der Waals surface area contributed by atoms with Crippen molar-refractivity contribution < 1.29 is 32.7 Å². The number of carbonyl (C=O) groups excluding carboxylic acids is 2. The van der Waals surface area contributed by atoms with Gasteiger partial charge >= 0.3 is 12.1 Å². The average Bonchev–Trinajstić information content (AvgIpc) is 3.99. The van der Waals surface area contributed by atoms with Crippen LogP contribution in [0.2, 0.25) is 0 Å². The first-order valence-electron chi connectivity index (χ1n) is 22.2. The first-order valence-corrected chi connectivity index (χ1v) is 22.2. The van der Waals surface area contributed by atoms with E-state index in [0.29, 0.717) is 49.1 Å². The van der Waals surface area contributed by atoms with Gasteiger partial charge in [-0.25, -0.2) is 4.79 Å². The monoisotopic (exact) mass is 812 g/mol. The molecule has 316 valence electrons. The fraction of sp³-hybridized carbons (Fsp3) is 0.562. The Hall–Kier alpha value is -4.22. The van der Waals surface area contributed by atoms with Crippen molar-refractivity contribution in [2.24, 2.45) is 11.8 Å². The zero-order chi connectivity index (χ0) is 41.1. The summed E-state index contributed by atoms with van der Waals surface area (Å²) in [6.45, 7) is 2.42. The third kappa shape index (κ3) is 9.72. The van der Waals surface area contributed by atoms with Crippen LogP contribution in [0.15, 0.2) is 72.8 Å². The van der Waals surface area contributed by atoms with Gasteiger partial charge in [0.15, 0.2) is 0 Å². The summed E-state index contributed by atoms with van der Waals surface area (Å²) in [6.07, 6.45) is 12.8. The molecule has 2 aliphatic carbocycles. The number of nitrogens with zero attached hydrogens (tertiary/aromatic N) is 2. The highest BCUT2D eigenvalue weighted by atomic mass is 19.4. The summed E-state index contributed by atoms with van der Waals surface area (Å²) in [5, 5.41) is 13.8. The second kappa shape index (κ2) is 18.2. The number of nitrogens with one attached hydrogen (secondary N) is 2. The predicted molar refractivity (Wildman–Crippen MR) is 220 cm³/mol. The van der Waals surface area contributed by atoms with Crippen LogP contribution in [0.4, 0.5) is 13.2 Å². The first kappa shape index (κ1) is 41.5. The summed E-state index contributed by atoms with van der Waals surface area (Å²) in [5.41, 5.74) is 8.34. The van der Waals surface area contributed by atoms with Crippen molar-refractivity contribution in [1.82, 2.24) is 20.4 Å². The Morgan fingerprint density at radius 1 is 0.525 bits per heavy atom. The molecule has 3 aromatic carbocycles. The fourth-order valence-corrected chi connectivity index (χ4v) is 11.5. The van der Waals surface area contributed by atoms with Gasteiger partial charge in [-0.2, -0.15) is 13.2 Å². The maximum atomic E-state index is 13.0. The van der Waals surface area contributed by atoms with E-state index in [1.807, 2.05) is 24.3 Å². The molecule has 59 heavy (non-hydrogen) atoms. The maximum absolute atomic E-state index is 13.0. The third-order valence-electron chi connectivity index (χ3n) is 14.5. The van der Waals surface area contributed by atoms with Gasteiger partial charge in [-0.05, 0) is 148 Å². The summed E-state index contributed by atoms with van der Waals surface area (Å²) < 4.78 is 31.7. The van der Waals surface area contributed by atoms with E-state index in [1.54, 1.807) is 22.3 Å². The molecule has 11 heteroatoms. The fourth-order valence-electron chi connectivity index (χ4n) is 11.5. The Bertz CT molecular complexity index is 1750. The SMILES string of the molecule is O=C(Cc1ccc(CC(=O)NC2CCC(CCN3[C@@H]4CC[C@H]3c3ccccc34)CC2)cc1)NC1CCC(CCN2[C@@H]3CC[C@H]2c2ccccc23)CC1.O=C(O)C(F)(F)F. The van der Waals surface area contributed by atoms with Crippen molar-refractivity contribution in [3.63, 3.8) is 0 Å². The lowest BCUT2D eigenvalue weighted by molar-refractivity contribution is -0.192. The molecule has 4 aliphatic heterocycles. The van der Waals surface area contributed by atoms with Crippen molar-refractivity contribution >= 4 is 17.8 Å². The lowest BCUT2D eigenvalue weighted by Crippen LogP contribution is -2.39. The number of halogens is 3. The molecule has 0 spiro atoms. The minimum atomic E-state index is -5.08. The van der Waals surface area contributed by atoms with Gasteiger partial charge in [-0.3, -0.25) is 19.4 Å². The standard InChI is InChI=1S/C46H58N4O2.C2HF3O2/c51-45(47-35-17-13-31(14-18-35)25-27-49-41-21-22-42(49)38-6-2-1-5-37(38)41)29-33-9-11-34(12-10-33)30-46(52)48-36-19-15-32(16-20-36)26-28-50-43-23-24-44(50)40-8-4-3-7-39(40)43;3-2(4,5)1(6)7/h1-12,31-32,35-36,41-44H,13-30H2,(H,47,51)(H,48,52);(H,6,7)/t31?,32?,35?,36?,41-,42+,43-,44+;. The van der Waals surface area contributed by atoms with Gasteiger partial charge in [-0.1, -0.05) is 72.8 Å². The summed E-state index contributed by atoms with van der Waals surface area (Å²) in [5.74, 6) is -0.972. The van der Waals surface area contributed by atoms with Crippen LogP contribution in [0.5, 0.6) is 0 Å². The highest BCUT2D eigenvalue weighted by Crippen LogP contribution is 2.54. The smallest absolute Gasteiger partial charge is 0.475 e. The quantitative estimate of drug-likeness (QED) is 0.169. The topological polar surface area (TPSA) is 102 Å². The Labute approximate surface area is 346 Å². The van der Waals surface area contributed by atoms with Crippen molar-refractivity contribution in [3.05, 3.63) is 106 Å². The number of rotatable bonds is 12. The molecule has 2 saturated heterocycles. The molecule has 2 saturated carbocycles. The number of aliphatic carboxylic acids is 1. The number of carbonyl (C=O) groups is 3. The van der Waals surface area contributed by atoms with Crippen molar-refractivity contribution in [3.8, 4) is 0 Å². The molecule has 4 heterocycles. The molecule has 0 radical (unpaired) electrons. The lowest BCUT2D eigenvalue weighted by atomic mass is 9.84. The molecule has 6 aliphatic rings. The highest BCUT2D eigenvalue weighted by molar-refractivity contribution is 5.80.